The largest absolute Gasteiger partial charge is 0.467 e. The van der Waals surface area contributed by atoms with E-state index in [1.165, 1.54) is 13.2 Å². The summed E-state index contributed by atoms with van der Waals surface area (Å²) in [7, 11) is 1.28. The van der Waals surface area contributed by atoms with E-state index in [1.807, 2.05) is 44.2 Å². The molecule has 1 aromatic rings. The van der Waals surface area contributed by atoms with Gasteiger partial charge in [-0.05, 0) is 17.6 Å². The van der Waals surface area contributed by atoms with Crippen LogP contribution in [-0.4, -0.2) is 30.8 Å². The molecule has 0 spiro atoms. The molecule has 5 nitrogen and oxygen atoms in total. The summed E-state index contributed by atoms with van der Waals surface area (Å²) < 4.78 is 4.66. The van der Waals surface area contributed by atoms with Crippen molar-refractivity contribution in [3.05, 3.63) is 42.0 Å². The first kappa shape index (κ1) is 18.6. The van der Waals surface area contributed by atoms with E-state index in [4.69, 9.17) is 0 Å². The van der Waals surface area contributed by atoms with Crippen LogP contribution in [0.4, 0.5) is 0 Å². The van der Waals surface area contributed by atoms with Crippen molar-refractivity contribution < 1.29 is 19.1 Å². The Morgan fingerprint density at radius 3 is 2.35 bits per heavy atom. The molecule has 0 saturated heterocycles. The van der Waals surface area contributed by atoms with Crippen molar-refractivity contribution >= 4 is 23.7 Å². The summed E-state index contributed by atoms with van der Waals surface area (Å²) in [6, 6.07) is 8.76. The van der Waals surface area contributed by atoms with E-state index in [2.05, 4.69) is 10.1 Å². The van der Waals surface area contributed by atoms with Gasteiger partial charge in [0, 0.05) is 12.8 Å². The van der Waals surface area contributed by atoms with Gasteiger partial charge in [-0.3, -0.25) is 9.59 Å². The van der Waals surface area contributed by atoms with Gasteiger partial charge in [-0.2, -0.15) is 0 Å². The summed E-state index contributed by atoms with van der Waals surface area (Å²) in [5, 5.41) is 2.61. The first-order valence-corrected chi connectivity index (χ1v) is 7.57. The molecule has 0 aromatic heterocycles. The fourth-order valence-electron chi connectivity index (χ4n) is 1.94. The second kappa shape index (κ2) is 9.56. The predicted octanol–water partition coefficient (Wildman–Crippen LogP) is 2.36. The highest BCUT2D eigenvalue weighted by molar-refractivity contribution is 5.96. The predicted molar refractivity (Wildman–Crippen MR) is 88.5 cm³/mol. The summed E-state index contributed by atoms with van der Waals surface area (Å²) in [6.45, 7) is 3.63. The summed E-state index contributed by atoms with van der Waals surface area (Å²) in [4.78, 5) is 35.2. The lowest BCUT2D eigenvalue weighted by molar-refractivity contribution is -0.146. The van der Waals surface area contributed by atoms with E-state index in [9.17, 15) is 14.4 Å². The smallest absolute Gasteiger partial charge is 0.328 e. The number of carbonyl (C=O) groups excluding carboxylic acids is 3. The van der Waals surface area contributed by atoms with E-state index in [1.54, 1.807) is 6.08 Å². The lowest BCUT2D eigenvalue weighted by Gasteiger charge is -2.19. The Morgan fingerprint density at radius 1 is 1.13 bits per heavy atom. The molecule has 1 aromatic carbocycles. The quantitative estimate of drug-likeness (QED) is 0.590. The molecule has 0 bridgehead atoms. The van der Waals surface area contributed by atoms with Gasteiger partial charge in [0.15, 0.2) is 5.78 Å². The molecule has 5 heteroatoms. The highest BCUT2D eigenvalue weighted by Gasteiger charge is 2.24. The van der Waals surface area contributed by atoms with E-state index in [0.29, 0.717) is 0 Å². The minimum atomic E-state index is -0.692. The zero-order valence-electron chi connectivity index (χ0n) is 13.7. The normalized spacial score (nSPS) is 12.2. The molecule has 0 unspecified atom stereocenters. The van der Waals surface area contributed by atoms with Crippen LogP contribution < -0.4 is 5.32 Å². The highest BCUT2D eigenvalue weighted by atomic mass is 16.5. The van der Waals surface area contributed by atoms with Gasteiger partial charge in [0.1, 0.15) is 6.04 Å². The SMILES string of the molecule is COC(=O)[C@@H](NC(=O)CCC(=O)/C=C/c1ccccc1)C(C)C. The molecule has 0 aliphatic heterocycles. The number of carbonyl (C=O) groups is 3. The van der Waals surface area contributed by atoms with Crippen LogP contribution in [0, 0.1) is 5.92 Å². The van der Waals surface area contributed by atoms with Crippen molar-refractivity contribution in [1.29, 1.82) is 0 Å². The molecule has 1 atom stereocenters. The van der Waals surface area contributed by atoms with Gasteiger partial charge in [-0.25, -0.2) is 4.79 Å². The Labute approximate surface area is 136 Å². The number of allylic oxidation sites excluding steroid dienone is 1. The van der Waals surface area contributed by atoms with Crippen LogP contribution in [0.15, 0.2) is 36.4 Å². The number of nitrogens with one attached hydrogen (secondary N) is 1. The summed E-state index contributed by atoms with van der Waals surface area (Å²) in [5.74, 6) is -1.04. The zero-order chi connectivity index (χ0) is 17.2. The van der Waals surface area contributed by atoms with Gasteiger partial charge in [0.2, 0.25) is 5.91 Å². The summed E-state index contributed by atoms with van der Waals surface area (Å²) >= 11 is 0. The lowest BCUT2D eigenvalue weighted by atomic mass is 10.0. The van der Waals surface area contributed by atoms with Gasteiger partial charge < -0.3 is 10.1 Å². The maximum atomic E-state index is 11.9. The van der Waals surface area contributed by atoms with E-state index < -0.39 is 12.0 Å². The summed E-state index contributed by atoms with van der Waals surface area (Å²) in [6.07, 6.45) is 3.31. The van der Waals surface area contributed by atoms with Crippen molar-refractivity contribution in [2.45, 2.75) is 32.7 Å². The maximum Gasteiger partial charge on any atom is 0.328 e. The Morgan fingerprint density at radius 2 is 1.78 bits per heavy atom. The third kappa shape index (κ3) is 6.91. The maximum absolute atomic E-state index is 11.9. The number of esters is 1. The number of amides is 1. The van der Waals surface area contributed by atoms with E-state index in [0.717, 1.165) is 5.56 Å². The van der Waals surface area contributed by atoms with Crippen molar-refractivity contribution in [2.24, 2.45) is 5.92 Å². The van der Waals surface area contributed by atoms with Crippen molar-refractivity contribution in [2.75, 3.05) is 7.11 Å². The van der Waals surface area contributed by atoms with Crippen molar-refractivity contribution in [3.8, 4) is 0 Å². The number of rotatable bonds is 8. The van der Waals surface area contributed by atoms with Crippen LogP contribution in [0.1, 0.15) is 32.3 Å². The van der Waals surface area contributed by atoms with Crippen LogP contribution >= 0.6 is 0 Å². The standard InChI is InChI=1S/C18H23NO4/c1-13(2)17(18(22)23-3)19-16(21)12-11-15(20)10-9-14-7-5-4-6-8-14/h4-10,13,17H,11-12H2,1-3H3,(H,19,21)/b10-9+/t17-/m0/s1. The Bertz CT molecular complexity index is 564. The molecule has 0 aliphatic carbocycles. The molecule has 1 N–H and O–H groups in total. The van der Waals surface area contributed by atoms with Crippen molar-refractivity contribution in [1.82, 2.24) is 5.32 Å². The van der Waals surface area contributed by atoms with Crippen molar-refractivity contribution in [3.63, 3.8) is 0 Å². The van der Waals surface area contributed by atoms with Crippen LogP contribution in [-0.2, 0) is 19.1 Å². The second-order valence-electron chi connectivity index (χ2n) is 5.52. The van der Waals surface area contributed by atoms with Gasteiger partial charge >= 0.3 is 5.97 Å². The van der Waals surface area contributed by atoms with Crippen LogP contribution in [0.5, 0.6) is 0 Å². The lowest BCUT2D eigenvalue weighted by Crippen LogP contribution is -2.45. The van der Waals surface area contributed by atoms with E-state index >= 15 is 0 Å². The molecule has 0 fully saturated rings. The van der Waals surface area contributed by atoms with E-state index in [-0.39, 0.29) is 30.4 Å². The minimum absolute atomic E-state index is 0.0399. The molecule has 1 rings (SSSR count). The minimum Gasteiger partial charge on any atom is -0.467 e. The fourth-order valence-corrected chi connectivity index (χ4v) is 1.94. The number of hydrogen-bond donors (Lipinski definition) is 1. The third-order valence-corrected chi connectivity index (χ3v) is 3.30. The van der Waals surface area contributed by atoms with Crippen LogP contribution in [0.3, 0.4) is 0 Å². The molecule has 124 valence electrons. The first-order valence-electron chi connectivity index (χ1n) is 7.57. The Kier molecular flexibility index (Phi) is 7.74. The molecule has 0 aliphatic rings. The molecular formula is C18H23NO4. The van der Waals surface area contributed by atoms with Gasteiger partial charge in [-0.15, -0.1) is 0 Å². The molecule has 23 heavy (non-hydrogen) atoms. The number of hydrogen-bond acceptors (Lipinski definition) is 4. The molecule has 0 heterocycles. The third-order valence-electron chi connectivity index (χ3n) is 3.30. The second-order valence-corrected chi connectivity index (χ2v) is 5.52. The molecule has 0 saturated carbocycles. The van der Waals surface area contributed by atoms with Crippen LogP contribution in [0.25, 0.3) is 6.08 Å². The van der Waals surface area contributed by atoms with Gasteiger partial charge in [0.05, 0.1) is 7.11 Å². The number of benzene rings is 1. The highest BCUT2D eigenvalue weighted by Crippen LogP contribution is 2.06. The Balaban J connectivity index is 2.44. The number of ketones is 1. The fraction of sp³-hybridized carbons (Fsp3) is 0.389. The van der Waals surface area contributed by atoms with Gasteiger partial charge in [-0.1, -0.05) is 50.3 Å². The number of methoxy groups -OCH3 is 1. The number of ether oxygens (including phenoxy) is 1. The summed E-state index contributed by atoms with van der Waals surface area (Å²) in [5.41, 5.74) is 0.927. The van der Waals surface area contributed by atoms with Crippen LogP contribution in [0.2, 0.25) is 0 Å². The zero-order valence-corrected chi connectivity index (χ0v) is 13.7. The topological polar surface area (TPSA) is 72.5 Å². The average Bonchev–Trinajstić information content (AvgIpc) is 2.55. The molecule has 0 radical (unpaired) electrons. The molecular weight excluding hydrogens is 294 g/mol. The Hall–Kier alpha value is -2.43. The first-order chi connectivity index (χ1) is 10.9. The average molecular weight is 317 g/mol. The monoisotopic (exact) mass is 317 g/mol. The van der Waals surface area contributed by atoms with Gasteiger partial charge in [0.25, 0.3) is 0 Å². The molecule has 1 amide bonds.